The summed E-state index contributed by atoms with van der Waals surface area (Å²) in [6.07, 6.45) is 7.25. The number of hydrogen-bond donors (Lipinski definition) is 3. The van der Waals surface area contributed by atoms with E-state index in [1.165, 1.54) is 22.1 Å². The summed E-state index contributed by atoms with van der Waals surface area (Å²) >= 11 is 0. The van der Waals surface area contributed by atoms with Gasteiger partial charge in [0.15, 0.2) is 0 Å². The molecule has 4 rings (SSSR count). The Labute approximate surface area is 176 Å². The Bertz CT molecular complexity index is 1000. The molecule has 1 heterocycles. The van der Waals surface area contributed by atoms with Crippen molar-refractivity contribution in [1.82, 2.24) is 9.62 Å². The van der Waals surface area contributed by atoms with E-state index in [1.807, 2.05) is 4.72 Å². The maximum atomic E-state index is 12.5. The van der Waals surface area contributed by atoms with E-state index in [0.717, 1.165) is 60.7 Å². The maximum Gasteiger partial charge on any atom is 0.407 e. The standard InChI is InChI=1S/C21H27N3O5S/c1-21(9-4-11-24(21)20(26)27)10-12-30(28,29)23-19(25)22-18-16-7-2-5-14(16)13-15-6-3-8-17(15)18/h10,12-13H,2-9,11H2,1H3,(H,26,27)(H2,22,23,25)/b12-10+/t21-/m0/s1. The lowest BCUT2D eigenvalue weighted by atomic mass is 9.99. The van der Waals surface area contributed by atoms with Gasteiger partial charge in [0.1, 0.15) is 0 Å². The van der Waals surface area contributed by atoms with Crippen molar-refractivity contribution in [2.45, 2.75) is 63.8 Å². The highest BCUT2D eigenvalue weighted by atomic mass is 32.2. The minimum absolute atomic E-state index is 0.356. The first-order chi connectivity index (χ1) is 14.2. The number of anilines is 1. The van der Waals surface area contributed by atoms with Gasteiger partial charge >= 0.3 is 12.1 Å². The van der Waals surface area contributed by atoms with E-state index in [9.17, 15) is 23.1 Å². The molecule has 0 bridgehead atoms. The number of amides is 3. The van der Waals surface area contributed by atoms with Crippen LogP contribution in [0.15, 0.2) is 17.6 Å². The molecule has 1 aliphatic heterocycles. The van der Waals surface area contributed by atoms with Gasteiger partial charge in [-0.25, -0.2) is 22.7 Å². The number of sulfonamides is 1. The highest BCUT2D eigenvalue weighted by Gasteiger charge is 2.38. The summed E-state index contributed by atoms with van der Waals surface area (Å²) < 4.78 is 26.9. The topological polar surface area (TPSA) is 116 Å². The molecule has 3 N–H and O–H groups in total. The summed E-state index contributed by atoms with van der Waals surface area (Å²) in [5.41, 5.74) is 4.60. The van der Waals surface area contributed by atoms with Gasteiger partial charge in [-0.05, 0) is 86.6 Å². The largest absolute Gasteiger partial charge is 0.465 e. The van der Waals surface area contributed by atoms with Gasteiger partial charge in [-0.15, -0.1) is 0 Å². The molecule has 0 unspecified atom stereocenters. The summed E-state index contributed by atoms with van der Waals surface area (Å²) in [5, 5.41) is 13.0. The molecule has 30 heavy (non-hydrogen) atoms. The molecule has 0 radical (unpaired) electrons. The molecule has 8 nitrogen and oxygen atoms in total. The van der Waals surface area contributed by atoms with Gasteiger partial charge in [0, 0.05) is 17.6 Å². The average molecular weight is 434 g/mol. The van der Waals surface area contributed by atoms with E-state index < -0.39 is 27.7 Å². The van der Waals surface area contributed by atoms with Crippen molar-refractivity contribution in [3.05, 3.63) is 39.8 Å². The predicted molar refractivity (Wildman–Crippen MR) is 113 cm³/mol. The van der Waals surface area contributed by atoms with Gasteiger partial charge in [-0.3, -0.25) is 4.90 Å². The molecule has 0 aromatic heterocycles. The quantitative estimate of drug-likeness (QED) is 0.675. The lowest BCUT2D eigenvalue weighted by molar-refractivity contribution is 0.126. The first kappa shape index (κ1) is 20.7. The molecule has 1 saturated heterocycles. The number of carbonyl (C=O) groups excluding carboxylic acids is 1. The van der Waals surface area contributed by atoms with Gasteiger partial charge in [-0.1, -0.05) is 6.07 Å². The van der Waals surface area contributed by atoms with E-state index in [2.05, 4.69) is 11.4 Å². The van der Waals surface area contributed by atoms with E-state index in [0.29, 0.717) is 19.4 Å². The van der Waals surface area contributed by atoms with Crippen molar-refractivity contribution in [3.8, 4) is 0 Å². The van der Waals surface area contributed by atoms with Crippen LogP contribution in [0, 0.1) is 0 Å². The Balaban J connectivity index is 1.49. The van der Waals surface area contributed by atoms with Crippen LogP contribution < -0.4 is 10.0 Å². The fourth-order valence-corrected chi connectivity index (χ4v) is 5.83. The van der Waals surface area contributed by atoms with Crippen LogP contribution in [0.4, 0.5) is 15.3 Å². The molecule has 3 amide bonds. The number of nitrogens with one attached hydrogen (secondary N) is 2. The second-order valence-corrected chi connectivity index (χ2v) is 10.1. The maximum absolute atomic E-state index is 12.5. The number of rotatable bonds is 4. The zero-order valence-corrected chi connectivity index (χ0v) is 17.8. The molecule has 9 heteroatoms. The number of urea groups is 1. The number of fused-ring (bicyclic) bond motifs is 2. The van der Waals surface area contributed by atoms with Crippen molar-refractivity contribution in [3.63, 3.8) is 0 Å². The van der Waals surface area contributed by atoms with Crippen LogP contribution in [-0.2, 0) is 35.7 Å². The Morgan fingerprint density at radius 1 is 1.10 bits per heavy atom. The second kappa shape index (κ2) is 7.61. The molecule has 1 aromatic rings. The van der Waals surface area contributed by atoms with Crippen molar-refractivity contribution >= 4 is 27.8 Å². The molecule has 1 atom stereocenters. The summed E-state index contributed by atoms with van der Waals surface area (Å²) in [5.74, 6) is 0. The van der Waals surface area contributed by atoms with Crippen LogP contribution in [-0.4, -0.2) is 42.6 Å². The Morgan fingerprint density at radius 3 is 2.33 bits per heavy atom. The van der Waals surface area contributed by atoms with E-state index in [1.54, 1.807) is 6.92 Å². The fourth-order valence-electron chi connectivity index (χ4n) is 4.98. The zero-order chi connectivity index (χ0) is 21.5. The van der Waals surface area contributed by atoms with Crippen LogP contribution >= 0.6 is 0 Å². The van der Waals surface area contributed by atoms with Crippen molar-refractivity contribution < 1.29 is 23.1 Å². The zero-order valence-electron chi connectivity index (χ0n) is 17.0. The van der Waals surface area contributed by atoms with Crippen LogP contribution in [0.1, 0.15) is 54.9 Å². The lowest BCUT2D eigenvalue weighted by Gasteiger charge is -2.29. The number of carboxylic acid groups (broad SMARTS) is 1. The third-order valence-electron chi connectivity index (χ3n) is 6.46. The van der Waals surface area contributed by atoms with Crippen molar-refractivity contribution in [1.29, 1.82) is 0 Å². The van der Waals surface area contributed by atoms with E-state index in [-0.39, 0.29) is 0 Å². The van der Waals surface area contributed by atoms with Crippen LogP contribution in [0.3, 0.4) is 0 Å². The van der Waals surface area contributed by atoms with Gasteiger partial charge in [-0.2, -0.15) is 0 Å². The molecule has 2 aliphatic carbocycles. The monoisotopic (exact) mass is 433 g/mol. The molecule has 0 spiro atoms. The molecule has 0 saturated carbocycles. The Morgan fingerprint density at radius 2 is 1.73 bits per heavy atom. The fraction of sp³-hybridized carbons (Fsp3) is 0.524. The van der Waals surface area contributed by atoms with Crippen LogP contribution in [0.25, 0.3) is 0 Å². The summed E-state index contributed by atoms with van der Waals surface area (Å²) in [7, 11) is -4.07. The van der Waals surface area contributed by atoms with Gasteiger partial charge in [0.25, 0.3) is 10.0 Å². The van der Waals surface area contributed by atoms with Crippen LogP contribution in [0.2, 0.25) is 0 Å². The third-order valence-corrected chi connectivity index (χ3v) is 7.43. The van der Waals surface area contributed by atoms with E-state index >= 15 is 0 Å². The lowest BCUT2D eigenvalue weighted by Crippen LogP contribution is -2.43. The molecular weight excluding hydrogens is 406 g/mol. The molecule has 1 aromatic carbocycles. The molecule has 1 fully saturated rings. The highest BCUT2D eigenvalue weighted by molar-refractivity contribution is 7.92. The summed E-state index contributed by atoms with van der Waals surface area (Å²) in [6, 6.07) is 1.45. The SMILES string of the molecule is C[C@@]1(/C=C/S(=O)(=O)NC(=O)Nc2c3c(cc4c2CCC4)CCC3)CCCN1C(=O)O. The number of benzene rings is 1. The number of carbonyl (C=O) groups is 2. The van der Waals surface area contributed by atoms with Crippen molar-refractivity contribution in [2.24, 2.45) is 0 Å². The van der Waals surface area contributed by atoms with Gasteiger partial charge in [0.2, 0.25) is 0 Å². The number of aryl methyl sites for hydroxylation is 2. The Kier molecular flexibility index (Phi) is 5.25. The smallest absolute Gasteiger partial charge is 0.407 e. The number of nitrogens with zero attached hydrogens (tertiary/aromatic N) is 1. The summed E-state index contributed by atoms with van der Waals surface area (Å²) in [4.78, 5) is 25.1. The highest BCUT2D eigenvalue weighted by Crippen LogP contribution is 2.38. The first-order valence-corrected chi connectivity index (χ1v) is 11.9. The molecule has 162 valence electrons. The average Bonchev–Trinajstić information content (AvgIpc) is 3.38. The summed E-state index contributed by atoms with van der Waals surface area (Å²) in [6.45, 7) is 2.03. The molecular formula is C21H27N3O5S. The predicted octanol–water partition coefficient (Wildman–Crippen LogP) is 3.16. The van der Waals surface area contributed by atoms with Gasteiger partial charge in [0.05, 0.1) is 5.54 Å². The normalized spacial score (nSPS) is 22.9. The van der Waals surface area contributed by atoms with Crippen molar-refractivity contribution in [2.75, 3.05) is 11.9 Å². The van der Waals surface area contributed by atoms with E-state index in [4.69, 9.17) is 0 Å². The molecule has 3 aliphatic rings. The first-order valence-electron chi connectivity index (χ1n) is 10.4. The van der Waals surface area contributed by atoms with Gasteiger partial charge < -0.3 is 10.4 Å². The number of likely N-dealkylation sites (tertiary alicyclic amines) is 1. The Hall–Kier alpha value is -2.55. The number of hydrogen-bond acceptors (Lipinski definition) is 4. The third kappa shape index (κ3) is 3.90. The minimum Gasteiger partial charge on any atom is -0.465 e. The minimum atomic E-state index is -4.07. The second-order valence-electron chi connectivity index (χ2n) is 8.53. The van der Waals surface area contributed by atoms with Crippen LogP contribution in [0.5, 0.6) is 0 Å².